The lowest BCUT2D eigenvalue weighted by Crippen LogP contribution is -2.14. The normalized spacial score (nSPS) is 10.1. The average molecular weight is 193 g/mol. The SMILES string of the molecule is COC(=O)Nc1nnc2cccnn12. The Labute approximate surface area is 78.7 Å². The third-order valence-electron chi connectivity index (χ3n) is 1.58. The van der Waals surface area contributed by atoms with E-state index in [9.17, 15) is 4.79 Å². The van der Waals surface area contributed by atoms with Gasteiger partial charge in [0.1, 0.15) is 0 Å². The highest BCUT2D eigenvalue weighted by Crippen LogP contribution is 2.04. The molecule has 0 saturated carbocycles. The molecule has 72 valence electrons. The second-order valence-corrected chi connectivity index (χ2v) is 2.43. The molecular formula is C7H7N5O2. The topological polar surface area (TPSA) is 81.4 Å². The molecule has 14 heavy (non-hydrogen) atoms. The standard InChI is InChI=1S/C7H7N5O2/c1-14-7(13)9-6-11-10-5-3-2-4-8-12(5)6/h2-4H,1H3,(H,9,11,13). The average Bonchev–Trinajstić information content (AvgIpc) is 2.62. The van der Waals surface area contributed by atoms with Crippen molar-refractivity contribution >= 4 is 17.7 Å². The maximum Gasteiger partial charge on any atom is 0.413 e. The Balaban J connectivity index is 2.38. The summed E-state index contributed by atoms with van der Waals surface area (Å²) < 4.78 is 5.81. The number of fused-ring (bicyclic) bond motifs is 1. The van der Waals surface area contributed by atoms with E-state index >= 15 is 0 Å². The van der Waals surface area contributed by atoms with Gasteiger partial charge in [0.15, 0.2) is 5.65 Å². The Bertz CT molecular complexity index is 466. The van der Waals surface area contributed by atoms with Crippen LogP contribution in [-0.4, -0.2) is 33.0 Å². The number of carbonyl (C=O) groups is 1. The number of aromatic nitrogens is 4. The highest BCUT2D eigenvalue weighted by molar-refractivity contribution is 5.82. The minimum atomic E-state index is -0.607. The molecule has 2 aromatic heterocycles. The van der Waals surface area contributed by atoms with E-state index in [-0.39, 0.29) is 5.95 Å². The zero-order valence-corrected chi connectivity index (χ0v) is 7.34. The van der Waals surface area contributed by atoms with Gasteiger partial charge in [-0.15, -0.1) is 10.2 Å². The molecule has 0 fully saturated rings. The van der Waals surface area contributed by atoms with E-state index in [1.54, 1.807) is 18.3 Å². The molecule has 2 rings (SSSR count). The number of hydrogen-bond donors (Lipinski definition) is 1. The van der Waals surface area contributed by atoms with Crippen molar-refractivity contribution in [3.63, 3.8) is 0 Å². The third kappa shape index (κ3) is 1.35. The number of nitrogens with one attached hydrogen (secondary N) is 1. The number of methoxy groups -OCH3 is 1. The molecule has 2 aromatic rings. The first kappa shape index (κ1) is 8.42. The summed E-state index contributed by atoms with van der Waals surface area (Å²) in [6, 6.07) is 3.45. The highest BCUT2D eigenvalue weighted by Gasteiger charge is 2.08. The Morgan fingerprint density at radius 1 is 1.57 bits per heavy atom. The first-order chi connectivity index (χ1) is 6.81. The van der Waals surface area contributed by atoms with E-state index in [0.29, 0.717) is 5.65 Å². The van der Waals surface area contributed by atoms with Gasteiger partial charge in [0.05, 0.1) is 7.11 Å². The summed E-state index contributed by atoms with van der Waals surface area (Å²) in [6.07, 6.45) is 0.962. The Morgan fingerprint density at radius 3 is 3.21 bits per heavy atom. The first-order valence-corrected chi connectivity index (χ1v) is 3.82. The number of nitrogens with zero attached hydrogens (tertiary/aromatic N) is 4. The summed E-state index contributed by atoms with van der Waals surface area (Å²) >= 11 is 0. The molecule has 0 bridgehead atoms. The quantitative estimate of drug-likeness (QED) is 0.704. The van der Waals surface area contributed by atoms with E-state index in [1.807, 2.05) is 0 Å². The predicted molar refractivity (Wildman–Crippen MR) is 46.8 cm³/mol. The van der Waals surface area contributed by atoms with Crippen LogP contribution in [0.5, 0.6) is 0 Å². The van der Waals surface area contributed by atoms with Gasteiger partial charge in [-0.25, -0.2) is 4.79 Å². The number of ether oxygens (including phenoxy) is 1. The van der Waals surface area contributed by atoms with Crippen molar-refractivity contribution in [2.75, 3.05) is 12.4 Å². The van der Waals surface area contributed by atoms with Crippen molar-refractivity contribution in [1.82, 2.24) is 19.8 Å². The first-order valence-electron chi connectivity index (χ1n) is 3.82. The van der Waals surface area contributed by atoms with Crippen molar-refractivity contribution in [1.29, 1.82) is 0 Å². The fourth-order valence-electron chi connectivity index (χ4n) is 0.964. The molecule has 0 atom stereocenters. The van der Waals surface area contributed by atoms with Gasteiger partial charge in [-0.3, -0.25) is 5.32 Å². The van der Waals surface area contributed by atoms with Crippen LogP contribution >= 0.6 is 0 Å². The van der Waals surface area contributed by atoms with Crippen molar-refractivity contribution in [3.8, 4) is 0 Å². The predicted octanol–water partition coefficient (Wildman–Crippen LogP) is 0.303. The van der Waals surface area contributed by atoms with Crippen molar-refractivity contribution in [2.24, 2.45) is 0 Å². The number of rotatable bonds is 1. The zero-order chi connectivity index (χ0) is 9.97. The minimum absolute atomic E-state index is 0.229. The molecule has 2 heterocycles. The van der Waals surface area contributed by atoms with Crippen LogP contribution in [0.15, 0.2) is 18.3 Å². The van der Waals surface area contributed by atoms with Gasteiger partial charge in [0, 0.05) is 6.20 Å². The van der Waals surface area contributed by atoms with Gasteiger partial charge in [-0.1, -0.05) is 0 Å². The van der Waals surface area contributed by atoms with Crippen LogP contribution in [0.4, 0.5) is 10.7 Å². The van der Waals surface area contributed by atoms with Gasteiger partial charge in [0.2, 0.25) is 0 Å². The molecule has 0 spiro atoms. The van der Waals surface area contributed by atoms with E-state index in [0.717, 1.165) is 0 Å². The number of anilines is 1. The van der Waals surface area contributed by atoms with Gasteiger partial charge in [-0.2, -0.15) is 9.61 Å². The smallest absolute Gasteiger partial charge is 0.413 e. The lowest BCUT2D eigenvalue weighted by atomic mass is 10.6. The van der Waals surface area contributed by atoms with Crippen molar-refractivity contribution in [3.05, 3.63) is 18.3 Å². The van der Waals surface area contributed by atoms with E-state index in [2.05, 4.69) is 25.3 Å². The van der Waals surface area contributed by atoms with Crippen molar-refractivity contribution < 1.29 is 9.53 Å². The van der Waals surface area contributed by atoms with E-state index < -0.39 is 6.09 Å². The molecule has 0 aliphatic carbocycles. The fourth-order valence-corrected chi connectivity index (χ4v) is 0.964. The highest BCUT2D eigenvalue weighted by atomic mass is 16.5. The summed E-state index contributed by atoms with van der Waals surface area (Å²) in [5, 5.41) is 13.8. The zero-order valence-electron chi connectivity index (χ0n) is 7.34. The number of hydrogen-bond acceptors (Lipinski definition) is 5. The molecular weight excluding hydrogens is 186 g/mol. The molecule has 7 nitrogen and oxygen atoms in total. The molecule has 7 heteroatoms. The Kier molecular flexibility index (Phi) is 1.98. The van der Waals surface area contributed by atoms with Crippen molar-refractivity contribution in [2.45, 2.75) is 0 Å². The monoisotopic (exact) mass is 193 g/mol. The molecule has 1 N–H and O–H groups in total. The Morgan fingerprint density at radius 2 is 2.43 bits per heavy atom. The maximum atomic E-state index is 10.9. The van der Waals surface area contributed by atoms with E-state index in [1.165, 1.54) is 11.6 Å². The molecule has 0 aliphatic rings. The second kappa shape index (κ2) is 3.29. The van der Waals surface area contributed by atoms with Gasteiger partial charge < -0.3 is 4.74 Å². The van der Waals surface area contributed by atoms with Crippen LogP contribution in [0.3, 0.4) is 0 Å². The van der Waals surface area contributed by atoms with Crippen LogP contribution in [0.25, 0.3) is 5.65 Å². The molecule has 0 aromatic carbocycles. The molecule has 0 saturated heterocycles. The summed E-state index contributed by atoms with van der Waals surface area (Å²) in [5.41, 5.74) is 0.555. The molecule has 0 unspecified atom stereocenters. The molecule has 0 radical (unpaired) electrons. The third-order valence-corrected chi connectivity index (χ3v) is 1.58. The summed E-state index contributed by atoms with van der Waals surface area (Å²) in [7, 11) is 1.27. The van der Waals surface area contributed by atoms with Crippen LogP contribution < -0.4 is 5.32 Å². The lowest BCUT2D eigenvalue weighted by molar-refractivity contribution is 0.186. The van der Waals surface area contributed by atoms with Crippen LogP contribution in [0.1, 0.15) is 0 Å². The second-order valence-electron chi connectivity index (χ2n) is 2.43. The maximum absolute atomic E-state index is 10.9. The largest absolute Gasteiger partial charge is 0.453 e. The molecule has 1 amide bonds. The molecule has 0 aliphatic heterocycles. The summed E-state index contributed by atoms with van der Waals surface area (Å²) in [5.74, 6) is 0.229. The van der Waals surface area contributed by atoms with Crippen LogP contribution in [0, 0.1) is 0 Å². The number of carbonyl (C=O) groups excluding carboxylic acids is 1. The summed E-state index contributed by atoms with van der Waals surface area (Å²) in [4.78, 5) is 10.9. The van der Waals surface area contributed by atoms with Crippen LogP contribution in [-0.2, 0) is 4.74 Å². The van der Waals surface area contributed by atoms with Gasteiger partial charge >= 0.3 is 6.09 Å². The van der Waals surface area contributed by atoms with Gasteiger partial charge in [0.25, 0.3) is 5.95 Å². The Hall–Kier alpha value is -2.18. The van der Waals surface area contributed by atoms with E-state index in [4.69, 9.17) is 0 Å². The van der Waals surface area contributed by atoms with Crippen LogP contribution in [0.2, 0.25) is 0 Å². The minimum Gasteiger partial charge on any atom is -0.453 e. The fraction of sp³-hybridized carbons (Fsp3) is 0.143. The number of amides is 1. The summed E-state index contributed by atoms with van der Waals surface area (Å²) in [6.45, 7) is 0. The lowest BCUT2D eigenvalue weighted by Gasteiger charge is -1.99. The van der Waals surface area contributed by atoms with Gasteiger partial charge in [-0.05, 0) is 12.1 Å².